The molecule has 3 nitrogen and oxygen atoms in total. The van der Waals surface area contributed by atoms with Gasteiger partial charge in [0.05, 0.1) is 0 Å². The summed E-state index contributed by atoms with van der Waals surface area (Å²) in [5, 5.41) is 3.74. The summed E-state index contributed by atoms with van der Waals surface area (Å²) in [6, 6.07) is 11.7. The SMILES string of the molecule is CCCNC(c1ccccc1)C(CC)N(C)CCCOC. The number of nitrogens with one attached hydrogen (secondary N) is 1. The van der Waals surface area contributed by atoms with Gasteiger partial charge in [0, 0.05) is 32.3 Å². The highest BCUT2D eigenvalue weighted by Crippen LogP contribution is 2.23. The van der Waals surface area contributed by atoms with E-state index < -0.39 is 0 Å². The standard InChI is InChI=1S/C18H32N2O/c1-5-13-19-18(16-11-8-7-9-12-16)17(6-2)20(3)14-10-15-21-4/h7-9,11-12,17-19H,5-6,10,13-15H2,1-4H3. The van der Waals surface area contributed by atoms with Crippen LogP contribution in [0.2, 0.25) is 0 Å². The number of rotatable bonds is 11. The van der Waals surface area contributed by atoms with E-state index in [0.717, 1.165) is 39.0 Å². The molecule has 0 aliphatic heterocycles. The van der Waals surface area contributed by atoms with Crippen LogP contribution in [0.15, 0.2) is 30.3 Å². The van der Waals surface area contributed by atoms with Gasteiger partial charge < -0.3 is 15.0 Å². The van der Waals surface area contributed by atoms with Gasteiger partial charge in [-0.1, -0.05) is 44.2 Å². The van der Waals surface area contributed by atoms with E-state index in [1.165, 1.54) is 5.56 Å². The summed E-state index contributed by atoms with van der Waals surface area (Å²) in [4.78, 5) is 2.47. The normalized spacial score (nSPS) is 14.3. The molecule has 3 heteroatoms. The summed E-state index contributed by atoms with van der Waals surface area (Å²) in [5.74, 6) is 0. The van der Waals surface area contributed by atoms with Gasteiger partial charge >= 0.3 is 0 Å². The Hall–Kier alpha value is -0.900. The molecular weight excluding hydrogens is 260 g/mol. The van der Waals surface area contributed by atoms with Crippen LogP contribution in [-0.4, -0.2) is 44.8 Å². The Morgan fingerprint density at radius 1 is 1.19 bits per heavy atom. The lowest BCUT2D eigenvalue weighted by atomic mass is 9.96. The maximum absolute atomic E-state index is 5.17. The third kappa shape index (κ3) is 6.16. The zero-order valence-corrected chi connectivity index (χ0v) is 14.1. The number of likely N-dealkylation sites (N-methyl/N-ethyl adjacent to an activating group) is 1. The zero-order chi connectivity index (χ0) is 15.5. The van der Waals surface area contributed by atoms with Crippen molar-refractivity contribution in [3.63, 3.8) is 0 Å². The Bertz CT molecular complexity index is 355. The summed E-state index contributed by atoms with van der Waals surface area (Å²) < 4.78 is 5.17. The monoisotopic (exact) mass is 292 g/mol. The first kappa shape index (κ1) is 18.1. The lowest BCUT2D eigenvalue weighted by Gasteiger charge is -2.35. The lowest BCUT2D eigenvalue weighted by molar-refractivity contribution is 0.147. The van der Waals surface area contributed by atoms with E-state index in [1.807, 2.05) is 0 Å². The van der Waals surface area contributed by atoms with Crippen molar-refractivity contribution in [2.75, 3.05) is 33.9 Å². The Kier molecular flexibility index (Phi) is 9.31. The molecule has 0 heterocycles. The fourth-order valence-corrected chi connectivity index (χ4v) is 2.86. The Labute approximate surface area is 130 Å². The predicted octanol–water partition coefficient (Wildman–Crippen LogP) is 3.47. The minimum atomic E-state index is 0.392. The van der Waals surface area contributed by atoms with Gasteiger partial charge in [-0.25, -0.2) is 0 Å². The molecule has 0 aromatic heterocycles. The molecule has 0 amide bonds. The molecule has 0 radical (unpaired) electrons. The van der Waals surface area contributed by atoms with Gasteiger partial charge in [0.15, 0.2) is 0 Å². The fourth-order valence-electron chi connectivity index (χ4n) is 2.86. The largest absolute Gasteiger partial charge is 0.385 e. The molecule has 21 heavy (non-hydrogen) atoms. The predicted molar refractivity (Wildman–Crippen MR) is 90.7 cm³/mol. The summed E-state index contributed by atoms with van der Waals surface area (Å²) in [6.45, 7) is 7.46. The highest BCUT2D eigenvalue weighted by molar-refractivity contribution is 5.20. The highest BCUT2D eigenvalue weighted by Gasteiger charge is 2.24. The molecule has 120 valence electrons. The molecule has 0 fully saturated rings. The van der Waals surface area contributed by atoms with Crippen molar-refractivity contribution in [1.29, 1.82) is 0 Å². The molecular formula is C18H32N2O. The van der Waals surface area contributed by atoms with Crippen LogP contribution in [0.3, 0.4) is 0 Å². The van der Waals surface area contributed by atoms with Crippen molar-refractivity contribution in [3.05, 3.63) is 35.9 Å². The van der Waals surface area contributed by atoms with Gasteiger partial charge in [0.2, 0.25) is 0 Å². The van der Waals surface area contributed by atoms with Crippen LogP contribution >= 0.6 is 0 Å². The minimum Gasteiger partial charge on any atom is -0.385 e. The number of ether oxygens (including phenoxy) is 1. The van der Waals surface area contributed by atoms with Crippen molar-refractivity contribution in [2.24, 2.45) is 0 Å². The summed E-state index contributed by atoms with van der Waals surface area (Å²) in [7, 11) is 4.00. The maximum atomic E-state index is 5.17. The van der Waals surface area contributed by atoms with Gasteiger partial charge in [-0.05, 0) is 38.4 Å². The van der Waals surface area contributed by atoms with Crippen molar-refractivity contribution in [1.82, 2.24) is 10.2 Å². The van der Waals surface area contributed by atoms with E-state index in [2.05, 4.69) is 61.4 Å². The number of hydrogen-bond donors (Lipinski definition) is 1. The third-order valence-electron chi connectivity index (χ3n) is 4.00. The Balaban J connectivity index is 2.77. The van der Waals surface area contributed by atoms with Crippen LogP contribution in [-0.2, 0) is 4.74 Å². The van der Waals surface area contributed by atoms with Crippen LogP contribution in [0.1, 0.15) is 44.7 Å². The van der Waals surface area contributed by atoms with Gasteiger partial charge in [-0.2, -0.15) is 0 Å². The van der Waals surface area contributed by atoms with Crippen molar-refractivity contribution in [3.8, 4) is 0 Å². The molecule has 1 aromatic carbocycles. The lowest BCUT2D eigenvalue weighted by Crippen LogP contribution is -2.43. The highest BCUT2D eigenvalue weighted by atomic mass is 16.5. The molecule has 1 rings (SSSR count). The number of nitrogens with zero attached hydrogens (tertiary/aromatic N) is 1. The molecule has 2 atom stereocenters. The molecule has 0 bridgehead atoms. The smallest absolute Gasteiger partial charge is 0.0477 e. The van der Waals surface area contributed by atoms with Crippen molar-refractivity contribution >= 4 is 0 Å². The first-order valence-electron chi connectivity index (χ1n) is 8.22. The van der Waals surface area contributed by atoms with Crippen LogP contribution < -0.4 is 5.32 Å². The van der Waals surface area contributed by atoms with Crippen LogP contribution in [0.25, 0.3) is 0 Å². The van der Waals surface area contributed by atoms with E-state index in [0.29, 0.717) is 12.1 Å². The van der Waals surface area contributed by atoms with E-state index in [-0.39, 0.29) is 0 Å². The Morgan fingerprint density at radius 3 is 2.48 bits per heavy atom. The molecule has 0 aliphatic carbocycles. The van der Waals surface area contributed by atoms with Crippen LogP contribution in [0.5, 0.6) is 0 Å². The third-order valence-corrected chi connectivity index (χ3v) is 4.00. The molecule has 0 saturated carbocycles. The number of benzene rings is 1. The van der Waals surface area contributed by atoms with Crippen LogP contribution in [0, 0.1) is 0 Å². The first-order chi connectivity index (χ1) is 10.2. The molecule has 0 spiro atoms. The van der Waals surface area contributed by atoms with Crippen molar-refractivity contribution in [2.45, 2.75) is 45.2 Å². The second kappa shape index (κ2) is 10.8. The van der Waals surface area contributed by atoms with Gasteiger partial charge in [-0.15, -0.1) is 0 Å². The number of methoxy groups -OCH3 is 1. The first-order valence-corrected chi connectivity index (χ1v) is 8.22. The van der Waals surface area contributed by atoms with Gasteiger partial charge in [-0.3, -0.25) is 0 Å². The van der Waals surface area contributed by atoms with E-state index in [1.54, 1.807) is 7.11 Å². The molecule has 1 aromatic rings. The zero-order valence-electron chi connectivity index (χ0n) is 14.1. The molecule has 1 N–H and O–H groups in total. The Morgan fingerprint density at radius 2 is 1.90 bits per heavy atom. The molecule has 0 saturated heterocycles. The topological polar surface area (TPSA) is 24.5 Å². The van der Waals surface area contributed by atoms with E-state index in [4.69, 9.17) is 4.74 Å². The quantitative estimate of drug-likeness (QED) is 0.632. The van der Waals surface area contributed by atoms with Gasteiger partial charge in [0.25, 0.3) is 0 Å². The van der Waals surface area contributed by atoms with Crippen molar-refractivity contribution < 1.29 is 4.74 Å². The second-order valence-electron chi connectivity index (χ2n) is 5.65. The maximum Gasteiger partial charge on any atom is 0.0477 e. The fraction of sp³-hybridized carbons (Fsp3) is 0.667. The number of hydrogen-bond acceptors (Lipinski definition) is 3. The minimum absolute atomic E-state index is 0.392. The van der Waals surface area contributed by atoms with E-state index >= 15 is 0 Å². The van der Waals surface area contributed by atoms with E-state index in [9.17, 15) is 0 Å². The van der Waals surface area contributed by atoms with Crippen LogP contribution in [0.4, 0.5) is 0 Å². The summed E-state index contributed by atoms with van der Waals surface area (Å²) in [5.41, 5.74) is 1.39. The average Bonchev–Trinajstić information content (AvgIpc) is 2.52. The molecule has 0 aliphatic rings. The summed E-state index contributed by atoms with van der Waals surface area (Å²) >= 11 is 0. The summed E-state index contributed by atoms with van der Waals surface area (Å²) in [6.07, 6.45) is 3.38. The molecule has 2 unspecified atom stereocenters. The average molecular weight is 292 g/mol. The van der Waals surface area contributed by atoms with Gasteiger partial charge in [0.1, 0.15) is 0 Å². The second-order valence-corrected chi connectivity index (χ2v) is 5.65.